The molecule has 1 fully saturated rings. The lowest BCUT2D eigenvalue weighted by Crippen LogP contribution is -2.42. The fourth-order valence-electron chi connectivity index (χ4n) is 2.68. The van der Waals surface area contributed by atoms with Gasteiger partial charge in [0, 0.05) is 19.2 Å². The first-order chi connectivity index (χ1) is 8.70. The van der Waals surface area contributed by atoms with Crippen molar-refractivity contribution in [3.63, 3.8) is 0 Å². The van der Waals surface area contributed by atoms with Gasteiger partial charge in [0.25, 0.3) is 0 Å². The molecule has 1 saturated heterocycles. The van der Waals surface area contributed by atoms with E-state index in [2.05, 4.69) is 0 Å². The number of likely N-dealkylation sites (tertiary alicyclic amines) is 1. The van der Waals surface area contributed by atoms with Crippen LogP contribution in [0.15, 0.2) is 30.3 Å². The summed E-state index contributed by atoms with van der Waals surface area (Å²) in [6.07, 6.45) is 1.86. The summed E-state index contributed by atoms with van der Waals surface area (Å²) >= 11 is 0. The van der Waals surface area contributed by atoms with Crippen LogP contribution in [0.5, 0.6) is 0 Å². The number of benzene rings is 1. The minimum Gasteiger partial charge on any atom is -0.480 e. The summed E-state index contributed by atoms with van der Waals surface area (Å²) in [6, 6.07) is 10.2. The number of rotatable bonds is 4. The van der Waals surface area contributed by atoms with Crippen LogP contribution in [0, 0.1) is 5.92 Å². The molecule has 0 aromatic heterocycles. The van der Waals surface area contributed by atoms with E-state index in [0.29, 0.717) is 6.54 Å². The molecule has 0 saturated carbocycles. The largest absolute Gasteiger partial charge is 0.480 e. The number of aliphatic hydroxyl groups is 1. The van der Waals surface area contributed by atoms with Crippen LogP contribution in [0.1, 0.15) is 24.4 Å². The van der Waals surface area contributed by atoms with Crippen molar-refractivity contribution in [1.29, 1.82) is 0 Å². The SMILES string of the molecule is O=C(O)CN1C[C@@H](CO)CC[C@H]1c1ccccc1. The normalized spacial score (nSPS) is 24.9. The van der Waals surface area contributed by atoms with Gasteiger partial charge in [0.2, 0.25) is 0 Å². The van der Waals surface area contributed by atoms with Gasteiger partial charge in [-0.1, -0.05) is 30.3 Å². The molecule has 2 rings (SSSR count). The smallest absolute Gasteiger partial charge is 0.317 e. The fourth-order valence-corrected chi connectivity index (χ4v) is 2.68. The van der Waals surface area contributed by atoms with Crippen LogP contribution in [0.25, 0.3) is 0 Å². The molecule has 18 heavy (non-hydrogen) atoms. The quantitative estimate of drug-likeness (QED) is 0.849. The molecular weight excluding hydrogens is 230 g/mol. The first-order valence-electron chi connectivity index (χ1n) is 6.32. The van der Waals surface area contributed by atoms with Crippen LogP contribution in [0.2, 0.25) is 0 Å². The van der Waals surface area contributed by atoms with E-state index in [0.717, 1.165) is 18.4 Å². The topological polar surface area (TPSA) is 60.8 Å². The Morgan fingerprint density at radius 1 is 1.28 bits per heavy atom. The number of aliphatic carboxylic acids is 1. The van der Waals surface area contributed by atoms with Gasteiger partial charge < -0.3 is 10.2 Å². The molecule has 1 aliphatic heterocycles. The van der Waals surface area contributed by atoms with Gasteiger partial charge in [-0.25, -0.2) is 0 Å². The summed E-state index contributed by atoms with van der Waals surface area (Å²) in [5.74, 6) is -0.612. The Balaban J connectivity index is 2.14. The van der Waals surface area contributed by atoms with Crippen LogP contribution in [-0.2, 0) is 4.79 Å². The molecule has 4 heteroatoms. The van der Waals surface area contributed by atoms with Crippen LogP contribution in [0.4, 0.5) is 0 Å². The van der Waals surface area contributed by atoms with Crippen molar-refractivity contribution in [1.82, 2.24) is 4.90 Å². The van der Waals surface area contributed by atoms with E-state index in [-0.39, 0.29) is 25.1 Å². The average Bonchev–Trinajstić information content (AvgIpc) is 2.39. The lowest BCUT2D eigenvalue weighted by molar-refractivity contribution is -0.139. The molecule has 1 aromatic rings. The number of aliphatic hydroxyl groups excluding tert-OH is 1. The summed E-state index contributed by atoms with van der Waals surface area (Å²) in [7, 11) is 0. The molecule has 0 unspecified atom stereocenters. The van der Waals surface area contributed by atoms with Crippen molar-refractivity contribution < 1.29 is 15.0 Å². The van der Waals surface area contributed by atoms with Gasteiger partial charge in [0.1, 0.15) is 0 Å². The highest BCUT2D eigenvalue weighted by molar-refractivity contribution is 5.69. The van der Waals surface area contributed by atoms with E-state index in [1.807, 2.05) is 35.2 Å². The van der Waals surface area contributed by atoms with E-state index in [4.69, 9.17) is 5.11 Å². The maximum absolute atomic E-state index is 10.9. The number of piperidine rings is 1. The molecule has 1 aliphatic rings. The van der Waals surface area contributed by atoms with Crippen molar-refractivity contribution in [2.75, 3.05) is 19.7 Å². The monoisotopic (exact) mass is 249 g/mol. The van der Waals surface area contributed by atoms with Crippen LogP contribution < -0.4 is 0 Å². The third-order valence-corrected chi connectivity index (χ3v) is 3.56. The average molecular weight is 249 g/mol. The first-order valence-corrected chi connectivity index (χ1v) is 6.32. The van der Waals surface area contributed by atoms with Gasteiger partial charge in [-0.2, -0.15) is 0 Å². The Hall–Kier alpha value is -1.39. The maximum Gasteiger partial charge on any atom is 0.317 e. The van der Waals surface area contributed by atoms with Gasteiger partial charge in [-0.3, -0.25) is 9.69 Å². The zero-order valence-corrected chi connectivity index (χ0v) is 10.3. The fraction of sp³-hybridized carbons (Fsp3) is 0.500. The van der Waals surface area contributed by atoms with Crippen LogP contribution in [-0.4, -0.2) is 40.8 Å². The van der Waals surface area contributed by atoms with Crippen LogP contribution in [0.3, 0.4) is 0 Å². The van der Waals surface area contributed by atoms with Gasteiger partial charge in [0.05, 0.1) is 6.54 Å². The molecule has 0 bridgehead atoms. The molecular formula is C14H19NO3. The van der Waals surface area contributed by atoms with E-state index in [1.165, 1.54) is 0 Å². The first kappa shape index (κ1) is 13.1. The standard InChI is InChI=1S/C14H19NO3/c16-10-11-6-7-13(12-4-2-1-3-5-12)15(8-11)9-14(17)18/h1-5,11,13,16H,6-10H2,(H,17,18)/t11-,13-/m0/s1. The van der Waals surface area contributed by atoms with Crippen molar-refractivity contribution in [3.05, 3.63) is 35.9 Å². The summed E-state index contributed by atoms with van der Waals surface area (Å²) in [4.78, 5) is 12.9. The van der Waals surface area contributed by atoms with E-state index in [9.17, 15) is 9.90 Å². The minimum absolute atomic E-state index is 0.0378. The summed E-state index contributed by atoms with van der Waals surface area (Å²) in [6.45, 7) is 0.829. The molecule has 0 aliphatic carbocycles. The highest BCUT2D eigenvalue weighted by atomic mass is 16.4. The Morgan fingerprint density at radius 2 is 2.00 bits per heavy atom. The Labute approximate surface area is 107 Å². The number of hydrogen-bond donors (Lipinski definition) is 2. The Kier molecular flexibility index (Phi) is 4.33. The Morgan fingerprint density at radius 3 is 2.61 bits per heavy atom. The summed E-state index contributed by atoms with van der Waals surface area (Å²) in [5, 5.41) is 18.2. The zero-order valence-electron chi connectivity index (χ0n) is 10.3. The third-order valence-electron chi connectivity index (χ3n) is 3.56. The number of carboxylic acids is 1. The third kappa shape index (κ3) is 3.09. The molecule has 1 heterocycles. The maximum atomic E-state index is 10.9. The molecule has 4 nitrogen and oxygen atoms in total. The second-order valence-corrected chi connectivity index (χ2v) is 4.88. The van der Waals surface area contributed by atoms with Crippen molar-refractivity contribution in [2.45, 2.75) is 18.9 Å². The van der Waals surface area contributed by atoms with E-state index >= 15 is 0 Å². The molecule has 0 spiro atoms. The molecule has 2 atom stereocenters. The van der Waals surface area contributed by atoms with Crippen molar-refractivity contribution >= 4 is 5.97 Å². The molecule has 0 amide bonds. The van der Waals surface area contributed by atoms with Gasteiger partial charge >= 0.3 is 5.97 Å². The lowest BCUT2D eigenvalue weighted by atomic mass is 9.89. The van der Waals surface area contributed by atoms with Gasteiger partial charge in [-0.05, 0) is 24.3 Å². The van der Waals surface area contributed by atoms with Crippen molar-refractivity contribution in [3.8, 4) is 0 Å². The zero-order chi connectivity index (χ0) is 13.0. The van der Waals surface area contributed by atoms with Crippen LogP contribution >= 0.6 is 0 Å². The summed E-state index contributed by atoms with van der Waals surface area (Å²) < 4.78 is 0. The number of hydrogen-bond acceptors (Lipinski definition) is 3. The highest BCUT2D eigenvalue weighted by Gasteiger charge is 2.29. The minimum atomic E-state index is -0.811. The van der Waals surface area contributed by atoms with Gasteiger partial charge in [-0.15, -0.1) is 0 Å². The predicted molar refractivity (Wildman–Crippen MR) is 68.2 cm³/mol. The van der Waals surface area contributed by atoms with Crippen molar-refractivity contribution in [2.24, 2.45) is 5.92 Å². The second-order valence-electron chi connectivity index (χ2n) is 4.88. The predicted octanol–water partition coefficient (Wildman–Crippen LogP) is 1.52. The molecule has 98 valence electrons. The number of carboxylic acid groups (broad SMARTS) is 1. The lowest BCUT2D eigenvalue weighted by Gasteiger charge is -2.38. The number of nitrogens with zero attached hydrogens (tertiary/aromatic N) is 1. The molecule has 2 N–H and O–H groups in total. The molecule has 0 radical (unpaired) electrons. The highest BCUT2D eigenvalue weighted by Crippen LogP contribution is 2.32. The molecule has 1 aromatic carbocycles. The Bertz CT molecular complexity index is 393. The summed E-state index contributed by atoms with van der Waals surface area (Å²) in [5.41, 5.74) is 1.16. The van der Waals surface area contributed by atoms with E-state index in [1.54, 1.807) is 0 Å². The second kappa shape index (κ2) is 5.98. The number of carbonyl (C=O) groups is 1. The van der Waals surface area contributed by atoms with Gasteiger partial charge in [0.15, 0.2) is 0 Å². The van der Waals surface area contributed by atoms with E-state index < -0.39 is 5.97 Å².